The number of hydrogen-bond acceptors (Lipinski definition) is 4. The first-order chi connectivity index (χ1) is 7.27. The Bertz CT molecular complexity index is 387. The molecule has 1 aliphatic rings. The highest BCUT2D eigenvalue weighted by atomic mass is 127. The molecule has 2 heterocycles. The first kappa shape index (κ1) is 10.9. The number of rotatable bonds is 3. The van der Waals surface area contributed by atoms with Gasteiger partial charge in [0.1, 0.15) is 10.2 Å². The van der Waals surface area contributed by atoms with Gasteiger partial charge in [-0.05, 0) is 35.4 Å². The second-order valence-corrected chi connectivity index (χ2v) is 4.38. The number of aromatic amines is 1. The largest absolute Gasteiger partial charge is 0.474 e. The van der Waals surface area contributed by atoms with Crippen LogP contribution in [0.15, 0.2) is 11.1 Å². The van der Waals surface area contributed by atoms with E-state index in [-0.39, 0.29) is 11.7 Å². The van der Waals surface area contributed by atoms with Gasteiger partial charge < -0.3 is 14.5 Å². The minimum atomic E-state index is -0.173. The molecule has 1 aliphatic heterocycles. The molecule has 0 amide bonds. The van der Waals surface area contributed by atoms with Gasteiger partial charge in [0.2, 0.25) is 5.88 Å². The molecular formula is C9H11IN2O3. The van der Waals surface area contributed by atoms with Crippen LogP contribution in [0.25, 0.3) is 0 Å². The molecule has 82 valence electrons. The Labute approximate surface area is 100 Å². The lowest BCUT2D eigenvalue weighted by Crippen LogP contribution is -2.19. The van der Waals surface area contributed by atoms with Gasteiger partial charge in [-0.25, -0.2) is 4.98 Å². The smallest absolute Gasteiger partial charge is 0.268 e. The predicted octanol–water partition coefficient (Wildman–Crippen LogP) is 0.932. The third kappa shape index (κ3) is 2.69. The molecule has 5 nitrogen and oxygen atoms in total. The fourth-order valence-electron chi connectivity index (χ4n) is 1.41. The third-order valence-electron chi connectivity index (χ3n) is 2.19. The molecule has 0 aliphatic carbocycles. The summed E-state index contributed by atoms with van der Waals surface area (Å²) in [5, 5.41) is 0. The molecule has 1 saturated heterocycles. The molecule has 1 aromatic rings. The molecule has 0 saturated carbocycles. The Hall–Kier alpha value is -0.630. The van der Waals surface area contributed by atoms with E-state index in [0.717, 1.165) is 19.4 Å². The van der Waals surface area contributed by atoms with E-state index < -0.39 is 0 Å². The van der Waals surface area contributed by atoms with Gasteiger partial charge in [-0.2, -0.15) is 0 Å². The minimum Gasteiger partial charge on any atom is -0.474 e. The zero-order valence-electron chi connectivity index (χ0n) is 8.03. The standard InChI is InChI=1S/C9H11IN2O3/c10-7-8(13)11-5-12-9(7)15-4-6-2-1-3-14-6/h5-6H,1-4H2,(H,11,12,13). The van der Waals surface area contributed by atoms with Crippen LogP contribution in [0.3, 0.4) is 0 Å². The van der Waals surface area contributed by atoms with Crippen molar-refractivity contribution in [3.05, 3.63) is 20.3 Å². The molecule has 2 rings (SSSR count). The summed E-state index contributed by atoms with van der Waals surface area (Å²) in [5.41, 5.74) is -0.173. The van der Waals surface area contributed by atoms with Crippen molar-refractivity contribution < 1.29 is 9.47 Å². The summed E-state index contributed by atoms with van der Waals surface area (Å²) in [6, 6.07) is 0. The highest BCUT2D eigenvalue weighted by molar-refractivity contribution is 14.1. The lowest BCUT2D eigenvalue weighted by molar-refractivity contribution is 0.0659. The van der Waals surface area contributed by atoms with Gasteiger partial charge in [0.05, 0.1) is 12.4 Å². The van der Waals surface area contributed by atoms with E-state index in [1.807, 2.05) is 22.6 Å². The van der Waals surface area contributed by atoms with E-state index in [4.69, 9.17) is 9.47 Å². The van der Waals surface area contributed by atoms with E-state index >= 15 is 0 Å². The van der Waals surface area contributed by atoms with Gasteiger partial charge in [-0.15, -0.1) is 0 Å². The number of aromatic nitrogens is 2. The summed E-state index contributed by atoms with van der Waals surface area (Å²) < 4.78 is 11.3. The van der Waals surface area contributed by atoms with E-state index in [0.29, 0.717) is 16.1 Å². The minimum absolute atomic E-state index is 0.141. The van der Waals surface area contributed by atoms with Crippen molar-refractivity contribution in [1.82, 2.24) is 9.97 Å². The van der Waals surface area contributed by atoms with Gasteiger partial charge in [-0.1, -0.05) is 0 Å². The van der Waals surface area contributed by atoms with Crippen LogP contribution in [0, 0.1) is 3.57 Å². The van der Waals surface area contributed by atoms with Gasteiger partial charge in [0, 0.05) is 6.61 Å². The summed E-state index contributed by atoms with van der Waals surface area (Å²) in [7, 11) is 0. The Morgan fingerprint density at radius 3 is 3.33 bits per heavy atom. The fraction of sp³-hybridized carbons (Fsp3) is 0.556. The summed E-state index contributed by atoms with van der Waals surface area (Å²) in [6.45, 7) is 1.26. The maximum Gasteiger partial charge on any atom is 0.268 e. The summed E-state index contributed by atoms with van der Waals surface area (Å²) >= 11 is 1.92. The average molecular weight is 322 g/mol. The Morgan fingerprint density at radius 2 is 2.60 bits per heavy atom. The molecule has 0 radical (unpaired) electrons. The first-order valence-electron chi connectivity index (χ1n) is 4.75. The highest BCUT2D eigenvalue weighted by Gasteiger charge is 2.17. The third-order valence-corrected chi connectivity index (χ3v) is 3.15. The lowest BCUT2D eigenvalue weighted by Gasteiger charge is -2.10. The van der Waals surface area contributed by atoms with E-state index in [2.05, 4.69) is 9.97 Å². The van der Waals surface area contributed by atoms with Crippen LogP contribution < -0.4 is 10.3 Å². The molecule has 6 heteroatoms. The molecule has 0 bridgehead atoms. The second-order valence-electron chi connectivity index (χ2n) is 3.30. The van der Waals surface area contributed by atoms with Crippen molar-refractivity contribution >= 4 is 22.6 Å². The number of ether oxygens (including phenoxy) is 2. The molecule has 15 heavy (non-hydrogen) atoms. The van der Waals surface area contributed by atoms with Crippen molar-refractivity contribution in [2.24, 2.45) is 0 Å². The Kier molecular flexibility index (Phi) is 3.57. The van der Waals surface area contributed by atoms with Crippen LogP contribution in [0.1, 0.15) is 12.8 Å². The number of H-pyrrole nitrogens is 1. The van der Waals surface area contributed by atoms with Gasteiger partial charge in [0.25, 0.3) is 5.56 Å². The molecule has 1 N–H and O–H groups in total. The average Bonchev–Trinajstić information content (AvgIpc) is 2.73. The molecular weight excluding hydrogens is 311 g/mol. The van der Waals surface area contributed by atoms with Crippen molar-refractivity contribution in [2.45, 2.75) is 18.9 Å². The zero-order valence-corrected chi connectivity index (χ0v) is 10.2. The van der Waals surface area contributed by atoms with Gasteiger partial charge in [-0.3, -0.25) is 4.79 Å². The van der Waals surface area contributed by atoms with E-state index in [9.17, 15) is 4.79 Å². The first-order valence-corrected chi connectivity index (χ1v) is 5.83. The predicted molar refractivity (Wildman–Crippen MR) is 62.0 cm³/mol. The fourth-order valence-corrected chi connectivity index (χ4v) is 1.87. The monoisotopic (exact) mass is 322 g/mol. The second kappa shape index (κ2) is 4.93. The quantitative estimate of drug-likeness (QED) is 0.841. The van der Waals surface area contributed by atoms with Crippen LogP contribution in [0.5, 0.6) is 5.88 Å². The van der Waals surface area contributed by atoms with Crippen LogP contribution >= 0.6 is 22.6 Å². The topological polar surface area (TPSA) is 64.2 Å². The number of halogens is 1. The normalized spacial score (nSPS) is 20.5. The van der Waals surface area contributed by atoms with Crippen LogP contribution in [-0.2, 0) is 4.74 Å². The highest BCUT2D eigenvalue weighted by Crippen LogP contribution is 2.16. The van der Waals surface area contributed by atoms with Crippen molar-refractivity contribution in [1.29, 1.82) is 0 Å². The molecule has 0 spiro atoms. The number of nitrogens with zero attached hydrogens (tertiary/aromatic N) is 1. The maximum absolute atomic E-state index is 11.2. The van der Waals surface area contributed by atoms with Crippen molar-refractivity contribution in [2.75, 3.05) is 13.2 Å². The van der Waals surface area contributed by atoms with E-state index in [1.165, 1.54) is 6.33 Å². The van der Waals surface area contributed by atoms with Crippen LogP contribution in [0.2, 0.25) is 0 Å². The number of nitrogens with one attached hydrogen (secondary N) is 1. The molecule has 1 unspecified atom stereocenters. The molecule has 0 aromatic carbocycles. The van der Waals surface area contributed by atoms with Crippen LogP contribution in [-0.4, -0.2) is 29.3 Å². The van der Waals surface area contributed by atoms with E-state index in [1.54, 1.807) is 0 Å². The van der Waals surface area contributed by atoms with Crippen LogP contribution in [0.4, 0.5) is 0 Å². The molecule has 1 aromatic heterocycles. The van der Waals surface area contributed by atoms with Gasteiger partial charge >= 0.3 is 0 Å². The SMILES string of the molecule is O=c1[nH]cnc(OCC2CCCO2)c1I. The van der Waals surface area contributed by atoms with Crippen molar-refractivity contribution in [3.63, 3.8) is 0 Å². The summed E-state index contributed by atoms with van der Waals surface area (Å²) in [6.07, 6.45) is 3.57. The lowest BCUT2D eigenvalue weighted by atomic mass is 10.2. The Balaban J connectivity index is 1.98. The molecule has 1 atom stereocenters. The zero-order chi connectivity index (χ0) is 10.7. The molecule has 1 fully saturated rings. The maximum atomic E-state index is 11.2. The summed E-state index contributed by atoms with van der Waals surface area (Å²) in [5.74, 6) is 0.384. The van der Waals surface area contributed by atoms with Gasteiger partial charge in [0.15, 0.2) is 0 Å². The summed E-state index contributed by atoms with van der Waals surface area (Å²) in [4.78, 5) is 17.7. The number of hydrogen-bond donors (Lipinski definition) is 1. The Morgan fingerprint density at radius 1 is 1.73 bits per heavy atom. The van der Waals surface area contributed by atoms with Crippen molar-refractivity contribution in [3.8, 4) is 5.88 Å².